The molecule has 1 saturated heterocycles. The lowest BCUT2D eigenvalue weighted by atomic mass is 10.0. The highest BCUT2D eigenvalue weighted by molar-refractivity contribution is 6.30. The van der Waals surface area contributed by atoms with Crippen molar-refractivity contribution in [2.24, 2.45) is 0 Å². The van der Waals surface area contributed by atoms with Gasteiger partial charge < -0.3 is 10.2 Å². The Bertz CT molecular complexity index is 645. The molecule has 3 nitrogen and oxygen atoms in total. The van der Waals surface area contributed by atoms with Gasteiger partial charge >= 0.3 is 0 Å². The first kappa shape index (κ1) is 15.1. The van der Waals surface area contributed by atoms with Crippen molar-refractivity contribution >= 4 is 17.5 Å². The second-order valence-corrected chi connectivity index (χ2v) is 5.96. The zero-order valence-corrected chi connectivity index (χ0v) is 13.1. The van der Waals surface area contributed by atoms with Crippen LogP contribution >= 0.6 is 11.6 Å². The fourth-order valence-corrected chi connectivity index (χ4v) is 3.09. The van der Waals surface area contributed by atoms with Crippen LogP contribution in [0.2, 0.25) is 5.02 Å². The van der Waals surface area contributed by atoms with Crippen LogP contribution in [0.4, 0.5) is 0 Å². The van der Waals surface area contributed by atoms with E-state index in [2.05, 4.69) is 5.32 Å². The molecule has 1 fully saturated rings. The first-order chi connectivity index (χ1) is 10.7. The van der Waals surface area contributed by atoms with Crippen molar-refractivity contribution in [2.45, 2.75) is 12.5 Å². The molecule has 1 heterocycles. The number of halogens is 1. The van der Waals surface area contributed by atoms with E-state index in [-0.39, 0.29) is 11.9 Å². The number of piperazine rings is 1. The maximum atomic E-state index is 12.7. The maximum absolute atomic E-state index is 12.7. The molecule has 0 bridgehead atoms. The van der Waals surface area contributed by atoms with Gasteiger partial charge in [-0.25, -0.2) is 0 Å². The largest absolute Gasteiger partial charge is 0.333 e. The molecule has 4 heteroatoms. The summed E-state index contributed by atoms with van der Waals surface area (Å²) in [5, 5.41) is 4.07. The lowest BCUT2D eigenvalue weighted by molar-refractivity contribution is -0.133. The maximum Gasteiger partial charge on any atom is 0.227 e. The molecular formula is C18H19ClN2O. The first-order valence-corrected chi connectivity index (χ1v) is 7.91. The zero-order valence-electron chi connectivity index (χ0n) is 12.3. The molecule has 114 valence electrons. The van der Waals surface area contributed by atoms with Gasteiger partial charge in [-0.2, -0.15) is 0 Å². The Morgan fingerprint density at radius 1 is 1.18 bits per heavy atom. The normalized spacial score (nSPS) is 18.2. The van der Waals surface area contributed by atoms with Crippen molar-refractivity contribution in [3.8, 4) is 0 Å². The van der Waals surface area contributed by atoms with E-state index >= 15 is 0 Å². The van der Waals surface area contributed by atoms with Gasteiger partial charge in [0.1, 0.15) is 0 Å². The van der Waals surface area contributed by atoms with Gasteiger partial charge in [0.25, 0.3) is 0 Å². The van der Waals surface area contributed by atoms with Crippen LogP contribution in [0.15, 0.2) is 54.6 Å². The summed E-state index contributed by atoms with van der Waals surface area (Å²) in [6, 6.07) is 17.7. The Labute approximate surface area is 135 Å². The van der Waals surface area contributed by atoms with Crippen molar-refractivity contribution in [3.05, 3.63) is 70.7 Å². The van der Waals surface area contributed by atoms with Crippen LogP contribution in [-0.2, 0) is 11.2 Å². The Morgan fingerprint density at radius 2 is 2.00 bits per heavy atom. The minimum absolute atomic E-state index is 0.0451. The van der Waals surface area contributed by atoms with Gasteiger partial charge in [0.2, 0.25) is 5.91 Å². The van der Waals surface area contributed by atoms with Crippen LogP contribution in [-0.4, -0.2) is 30.4 Å². The second-order valence-electron chi connectivity index (χ2n) is 5.52. The predicted molar refractivity (Wildman–Crippen MR) is 88.9 cm³/mol. The lowest BCUT2D eigenvalue weighted by Gasteiger charge is -2.36. The molecule has 1 aliphatic rings. The molecule has 1 aliphatic heterocycles. The van der Waals surface area contributed by atoms with Crippen LogP contribution in [0.1, 0.15) is 17.2 Å². The van der Waals surface area contributed by atoms with Crippen LogP contribution < -0.4 is 5.32 Å². The number of carbonyl (C=O) groups is 1. The summed E-state index contributed by atoms with van der Waals surface area (Å²) in [4.78, 5) is 14.7. The first-order valence-electron chi connectivity index (χ1n) is 7.53. The van der Waals surface area contributed by atoms with E-state index in [9.17, 15) is 4.79 Å². The topological polar surface area (TPSA) is 32.3 Å². The number of hydrogen-bond acceptors (Lipinski definition) is 2. The minimum Gasteiger partial charge on any atom is -0.333 e. The Hall–Kier alpha value is -1.84. The third-order valence-electron chi connectivity index (χ3n) is 4.00. The molecule has 0 radical (unpaired) electrons. The molecule has 1 amide bonds. The van der Waals surface area contributed by atoms with Gasteiger partial charge in [0.05, 0.1) is 12.5 Å². The fourth-order valence-electron chi connectivity index (χ4n) is 2.89. The Morgan fingerprint density at radius 3 is 2.77 bits per heavy atom. The van der Waals surface area contributed by atoms with Gasteiger partial charge in [-0.05, 0) is 23.3 Å². The summed E-state index contributed by atoms with van der Waals surface area (Å²) in [7, 11) is 0. The van der Waals surface area contributed by atoms with Gasteiger partial charge in [-0.1, -0.05) is 54.1 Å². The Balaban J connectivity index is 1.79. The Kier molecular flexibility index (Phi) is 4.76. The van der Waals surface area contributed by atoms with Crippen LogP contribution in [0, 0.1) is 0 Å². The molecule has 1 atom stereocenters. The van der Waals surface area contributed by atoms with E-state index in [1.807, 2.05) is 59.5 Å². The zero-order chi connectivity index (χ0) is 15.4. The monoisotopic (exact) mass is 314 g/mol. The number of benzene rings is 2. The summed E-state index contributed by atoms with van der Waals surface area (Å²) in [6.45, 7) is 2.32. The molecular weight excluding hydrogens is 296 g/mol. The van der Waals surface area contributed by atoms with E-state index in [4.69, 9.17) is 11.6 Å². The molecule has 1 N–H and O–H groups in total. The highest BCUT2D eigenvalue weighted by Crippen LogP contribution is 2.25. The van der Waals surface area contributed by atoms with E-state index in [0.29, 0.717) is 11.4 Å². The second kappa shape index (κ2) is 6.95. The quantitative estimate of drug-likeness (QED) is 0.944. The van der Waals surface area contributed by atoms with Crippen molar-refractivity contribution in [1.29, 1.82) is 0 Å². The lowest BCUT2D eigenvalue weighted by Crippen LogP contribution is -2.49. The third-order valence-corrected chi connectivity index (χ3v) is 4.23. The predicted octanol–water partition coefficient (Wildman–Crippen LogP) is 3.06. The van der Waals surface area contributed by atoms with Gasteiger partial charge in [0.15, 0.2) is 0 Å². The minimum atomic E-state index is 0.0451. The van der Waals surface area contributed by atoms with E-state index in [0.717, 1.165) is 30.8 Å². The average Bonchev–Trinajstić information content (AvgIpc) is 2.56. The standard InChI is InChI=1S/C18H19ClN2O/c19-16-8-4-7-15(12-16)17-13-20-9-10-21(17)18(22)11-14-5-2-1-3-6-14/h1-8,12,17,20H,9-11,13H2. The van der Waals surface area contributed by atoms with Crippen molar-refractivity contribution in [1.82, 2.24) is 10.2 Å². The van der Waals surface area contributed by atoms with Crippen molar-refractivity contribution in [3.63, 3.8) is 0 Å². The van der Waals surface area contributed by atoms with E-state index in [1.54, 1.807) is 0 Å². The molecule has 0 aromatic heterocycles. The smallest absolute Gasteiger partial charge is 0.227 e. The number of nitrogens with zero attached hydrogens (tertiary/aromatic N) is 1. The van der Waals surface area contributed by atoms with Gasteiger partial charge in [0, 0.05) is 24.7 Å². The number of rotatable bonds is 3. The highest BCUT2D eigenvalue weighted by Gasteiger charge is 2.27. The van der Waals surface area contributed by atoms with Crippen LogP contribution in [0.25, 0.3) is 0 Å². The summed E-state index contributed by atoms with van der Waals surface area (Å²) in [5.41, 5.74) is 2.14. The summed E-state index contributed by atoms with van der Waals surface area (Å²) < 4.78 is 0. The van der Waals surface area contributed by atoms with Crippen molar-refractivity contribution in [2.75, 3.05) is 19.6 Å². The molecule has 22 heavy (non-hydrogen) atoms. The average molecular weight is 315 g/mol. The number of carbonyl (C=O) groups excluding carboxylic acids is 1. The molecule has 0 aliphatic carbocycles. The van der Waals surface area contributed by atoms with Crippen molar-refractivity contribution < 1.29 is 4.79 Å². The number of hydrogen-bond donors (Lipinski definition) is 1. The molecule has 1 unspecified atom stereocenters. The molecule has 3 rings (SSSR count). The molecule has 2 aromatic carbocycles. The number of nitrogens with one attached hydrogen (secondary N) is 1. The molecule has 2 aromatic rings. The van der Waals surface area contributed by atoms with E-state index < -0.39 is 0 Å². The van der Waals surface area contributed by atoms with Gasteiger partial charge in [-0.15, -0.1) is 0 Å². The van der Waals surface area contributed by atoms with Crippen LogP contribution in [0.3, 0.4) is 0 Å². The van der Waals surface area contributed by atoms with E-state index in [1.165, 1.54) is 0 Å². The third kappa shape index (κ3) is 3.49. The molecule has 0 saturated carbocycles. The van der Waals surface area contributed by atoms with Crippen LogP contribution in [0.5, 0.6) is 0 Å². The highest BCUT2D eigenvalue weighted by atomic mass is 35.5. The summed E-state index contributed by atoms with van der Waals surface area (Å²) in [6.07, 6.45) is 0.442. The van der Waals surface area contributed by atoms with Gasteiger partial charge in [-0.3, -0.25) is 4.79 Å². The number of amides is 1. The fraction of sp³-hybridized carbons (Fsp3) is 0.278. The summed E-state index contributed by atoms with van der Waals surface area (Å²) >= 11 is 6.10. The SMILES string of the molecule is O=C(Cc1ccccc1)N1CCNCC1c1cccc(Cl)c1. The summed E-state index contributed by atoms with van der Waals surface area (Å²) in [5.74, 6) is 0.165. The molecule has 0 spiro atoms.